The van der Waals surface area contributed by atoms with Crippen LogP contribution < -0.4 is 10.9 Å². The standard InChI is InChI=1S/C2H4N4S2/c3-1-5-6-2(7-1)8-4/h4H2,(H2,3,5). The van der Waals surface area contributed by atoms with Crippen molar-refractivity contribution in [3.05, 3.63) is 0 Å². The third kappa shape index (κ3) is 1.09. The summed E-state index contributed by atoms with van der Waals surface area (Å²) in [7, 11) is 0. The molecule has 0 aromatic carbocycles. The molecule has 0 aliphatic carbocycles. The largest absolute Gasteiger partial charge is 0.374 e. The highest BCUT2D eigenvalue weighted by molar-refractivity contribution is 7.98. The summed E-state index contributed by atoms with van der Waals surface area (Å²) in [5.41, 5.74) is 5.23. The predicted octanol–water partition coefficient (Wildman–Crippen LogP) is 0.0861. The van der Waals surface area contributed by atoms with Gasteiger partial charge < -0.3 is 5.73 Å². The van der Waals surface area contributed by atoms with Gasteiger partial charge in [0.2, 0.25) is 5.13 Å². The van der Waals surface area contributed by atoms with Gasteiger partial charge in [-0.05, 0) is 11.9 Å². The highest BCUT2D eigenvalue weighted by atomic mass is 32.2. The summed E-state index contributed by atoms with van der Waals surface area (Å²) >= 11 is 2.34. The van der Waals surface area contributed by atoms with Gasteiger partial charge in [-0.15, -0.1) is 10.2 Å². The molecule has 0 atom stereocenters. The van der Waals surface area contributed by atoms with E-state index >= 15 is 0 Å². The van der Waals surface area contributed by atoms with Crippen LogP contribution in [-0.4, -0.2) is 10.2 Å². The first-order valence-corrected chi connectivity index (χ1v) is 3.48. The van der Waals surface area contributed by atoms with Crippen LogP contribution in [-0.2, 0) is 0 Å². The summed E-state index contributed by atoms with van der Waals surface area (Å²) in [6, 6.07) is 0. The summed E-state index contributed by atoms with van der Waals surface area (Å²) in [6.07, 6.45) is 0. The quantitative estimate of drug-likeness (QED) is 0.552. The maximum Gasteiger partial charge on any atom is 0.203 e. The Morgan fingerprint density at radius 2 is 2.25 bits per heavy atom. The molecule has 4 nitrogen and oxygen atoms in total. The Balaban J connectivity index is 2.84. The van der Waals surface area contributed by atoms with E-state index in [2.05, 4.69) is 10.2 Å². The summed E-state index contributed by atoms with van der Waals surface area (Å²) < 4.78 is 0.697. The van der Waals surface area contributed by atoms with E-state index < -0.39 is 0 Å². The molecule has 0 spiro atoms. The summed E-state index contributed by atoms with van der Waals surface area (Å²) in [5, 5.41) is 12.7. The molecule has 0 aliphatic heterocycles. The molecule has 1 rings (SSSR count). The van der Waals surface area contributed by atoms with Crippen LogP contribution in [0.15, 0.2) is 4.34 Å². The Morgan fingerprint density at radius 3 is 2.50 bits per heavy atom. The van der Waals surface area contributed by atoms with E-state index in [0.29, 0.717) is 9.47 Å². The smallest absolute Gasteiger partial charge is 0.203 e. The number of nitrogen functional groups attached to an aromatic ring is 1. The fourth-order valence-corrected chi connectivity index (χ4v) is 1.15. The van der Waals surface area contributed by atoms with E-state index in [1.165, 1.54) is 11.3 Å². The van der Waals surface area contributed by atoms with Crippen LogP contribution in [0, 0.1) is 0 Å². The van der Waals surface area contributed by atoms with Gasteiger partial charge in [0.25, 0.3) is 0 Å². The average molecular weight is 148 g/mol. The SMILES string of the molecule is NSc1nnc(N)s1. The number of aromatic nitrogens is 2. The van der Waals surface area contributed by atoms with Crippen molar-refractivity contribution in [3.63, 3.8) is 0 Å². The molecule has 1 heterocycles. The normalized spacial score (nSPS) is 9.62. The molecule has 0 radical (unpaired) electrons. The van der Waals surface area contributed by atoms with Gasteiger partial charge in [0, 0.05) is 0 Å². The fourth-order valence-electron chi connectivity index (χ4n) is 0.268. The number of nitrogens with two attached hydrogens (primary N) is 2. The van der Waals surface area contributed by atoms with E-state index in [9.17, 15) is 0 Å². The zero-order chi connectivity index (χ0) is 5.98. The van der Waals surface area contributed by atoms with Crippen molar-refractivity contribution in [1.82, 2.24) is 10.2 Å². The van der Waals surface area contributed by atoms with Crippen molar-refractivity contribution in [1.29, 1.82) is 0 Å². The molecule has 6 heteroatoms. The Kier molecular flexibility index (Phi) is 1.66. The van der Waals surface area contributed by atoms with Crippen LogP contribution >= 0.6 is 23.3 Å². The first kappa shape index (κ1) is 5.80. The van der Waals surface area contributed by atoms with Crippen molar-refractivity contribution in [3.8, 4) is 0 Å². The van der Waals surface area contributed by atoms with E-state index in [4.69, 9.17) is 10.9 Å². The molecule has 1 aromatic rings. The molecule has 0 unspecified atom stereocenters. The maximum atomic E-state index is 5.23. The number of rotatable bonds is 1. The second kappa shape index (κ2) is 2.29. The average Bonchev–Trinajstić information content (AvgIpc) is 2.14. The van der Waals surface area contributed by atoms with Gasteiger partial charge in [-0.1, -0.05) is 11.3 Å². The molecule has 0 amide bonds. The van der Waals surface area contributed by atoms with Crippen LogP contribution in [0.4, 0.5) is 5.13 Å². The van der Waals surface area contributed by atoms with Crippen LogP contribution in [0.1, 0.15) is 0 Å². The van der Waals surface area contributed by atoms with Crippen molar-refractivity contribution < 1.29 is 0 Å². The van der Waals surface area contributed by atoms with Crippen LogP contribution in [0.3, 0.4) is 0 Å². The lowest BCUT2D eigenvalue weighted by Crippen LogP contribution is -1.80. The minimum Gasteiger partial charge on any atom is -0.374 e. The van der Waals surface area contributed by atoms with Gasteiger partial charge in [-0.3, -0.25) is 5.14 Å². The van der Waals surface area contributed by atoms with Crippen LogP contribution in [0.5, 0.6) is 0 Å². The Morgan fingerprint density at radius 1 is 1.50 bits per heavy atom. The van der Waals surface area contributed by atoms with Crippen molar-refractivity contribution in [2.75, 3.05) is 5.73 Å². The summed E-state index contributed by atoms with van der Waals surface area (Å²) in [5.74, 6) is 0. The minimum atomic E-state index is 0.456. The Hall–Kier alpha value is -0.330. The molecule has 0 saturated heterocycles. The monoisotopic (exact) mass is 148 g/mol. The van der Waals surface area contributed by atoms with Gasteiger partial charge >= 0.3 is 0 Å². The van der Waals surface area contributed by atoms with E-state index in [1.54, 1.807) is 0 Å². The summed E-state index contributed by atoms with van der Waals surface area (Å²) in [6.45, 7) is 0. The number of anilines is 1. The van der Waals surface area contributed by atoms with Crippen molar-refractivity contribution >= 4 is 28.4 Å². The molecule has 0 saturated carbocycles. The zero-order valence-corrected chi connectivity index (χ0v) is 5.50. The Labute approximate surface area is 54.4 Å². The highest BCUT2D eigenvalue weighted by Gasteiger charge is 1.95. The van der Waals surface area contributed by atoms with Crippen LogP contribution in [0.25, 0.3) is 0 Å². The van der Waals surface area contributed by atoms with Gasteiger partial charge in [-0.2, -0.15) is 0 Å². The van der Waals surface area contributed by atoms with Gasteiger partial charge in [0.05, 0.1) is 0 Å². The second-order valence-corrected chi connectivity index (χ2v) is 2.91. The summed E-state index contributed by atoms with van der Waals surface area (Å²) in [4.78, 5) is 0. The van der Waals surface area contributed by atoms with Gasteiger partial charge in [0.1, 0.15) is 0 Å². The third-order valence-corrected chi connectivity index (χ3v) is 1.89. The van der Waals surface area contributed by atoms with Crippen LogP contribution in [0.2, 0.25) is 0 Å². The first-order valence-electron chi connectivity index (χ1n) is 1.78. The number of hydrogen-bond donors (Lipinski definition) is 2. The molecule has 1 aromatic heterocycles. The molecule has 44 valence electrons. The second-order valence-electron chi connectivity index (χ2n) is 1.02. The minimum absolute atomic E-state index is 0.456. The van der Waals surface area contributed by atoms with E-state index in [-0.39, 0.29) is 0 Å². The molecule has 0 bridgehead atoms. The topological polar surface area (TPSA) is 77.8 Å². The molecule has 0 fully saturated rings. The third-order valence-electron chi connectivity index (χ3n) is 0.523. The van der Waals surface area contributed by atoms with E-state index in [0.717, 1.165) is 11.9 Å². The van der Waals surface area contributed by atoms with Gasteiger partial charge in [-0.25, -0.2) is 0 Å². The van der Waals surface area contributed by atoms with Crippen molar-refractivity contribution in [2.24, 2.45) is 5.14 Å². The Bertz CT molecular complexity index is 172. The molecular weight excluding hydrogens is 144 g/mol. The highest BCUT2D eigenvalue weighted by Crippen LogP contribution is 2.17. The van der Waals surface area contributed by atoms with E-state index in [1.807, 2.05) is 0 Å². The first-order chi connectivity index (χ1) is 3.83. The lowest BCUT2D eigenvalue weighted by Gasteiger charge is -1.75. The maximum absolute atomic E-state index is 5.23. The van der Waals surface area contributed by atoms with Crippen molar-refractivity contribution in [2.45, 2.75) is 4.34 Å². The lowest BCUT2D eigenvalue weighted by atomic mass is 11.3. The predicted molar refractivity (Wildman–Crippen MR) is 34.4 cm³/mol. The lowest BCUT2D eigenvalue weighted by molar-refractivity contribution is 1.02. The van der Waals surface area contributed by atoms with Gasteiger partial charge in [0.15, 0.2) is 4.34 Å². The molecular formula is C2H4N4S2. The molecule has 8 heavy (non-hydrogen) atoms. The zero-order valence-electron chi connectivity index (χ0n) is 3.87. The fraction of sp³-hybridized carbons (Fsp3) is 0. The molecule has 4 N–H and O–H groups in total. The molecule has 0 aliphatic rings. The number of nitrogens with zero attached hydrogens (tertiary/aromatic N) is 2. The number of hydrogen-bond acceptors (Lipinski definition) is 6.